The molecule has 0 aliphatic carbocycles. The van der Waals surface area contributed by atoms with Gasteiger partial charge in [0.25, 0.3) is 0 Å². The Balaban J connectivity index is 3.17. The van der Waals surface area contributed by atoms with Gasteiger partial charge in [-0.3, -0.25) is 0 Å². The van der Waals surface area contributed by atoms with Gasteiger partial charge in [-0.2, -0.15) is 4.31 Å². The third-order valence-electron chi connectivity index (χ3n) is 2.27. The molecule has 16 heavy (non-hydrogen) atoms. The van der Waals surface area contributed by atoms with Crippen LogP contribution in [0.3, 0.4) is 0 Å². The summed E-state index contributed by atoms with van der Waals surface area (Å²) in [6, 6.07) is 4.78. The predicted molar refractivity (Wildman–Crippen MR) is 62.5 cm³/mol. The number of aryl methyl sites for hydroxylation is 1. The molecule has 0 aliphatic heterocycles. The average molecular weight is 244 g/mol. The topological polar surface area (TPSA) is 83.6 Å². The van der Waals surface area contributed by atoms with Crippen molar-refractivity contribution < 1.29 is 13.5 Å². The number of rotatable bonds is 4. The fourth-order valence-corrected chi connectivity index (χ4v) is 2.59. The number of nitrogens with two attached hydrogens (primary N) is 1. The minimum absolute atomic E-state index is 0.0512. The molecule has 0 aromatic heterocycles. The van der Waals surface area contributed by atoms with Crippen molar-refractivity contribution in [3.63, 3.8) is 0 Å². The van der Waals surface area contributed by atoms with Crippen molar-refractivity contribution in [2.24, 2.45) is 0 Å². The number of nitrogen functional groups attached to an aromatic ring is 1. The maximum Gasteiger partial charge on any atom is 0.244 e. The van der Waals surface area contributed by atoms with Gasteiger partial charge in [0.2, 0.25) is 10.0 Å². The number of aliphatic hydroxyl groups excluding tert-OH is 1. The SMILES string of the molecule is Cc1ccc(S(=O)(=O)N(C)CCO)c(N)c1. The van der Waals surface area contributed by atoms with Gasteiger partial charge in [0.05, 0.1) is 12.3 Å². The third-order valence-corrected chi connectivity index (χ3v) is 4.20. The highest BCUT2D eigenvalue weighted by atomic mass is 32.2. The van der Waals surface area contributed by atoms with E-state index in [1.54, 1.807) is 12.1 Å². The van der Waals surface area contributed by atoms with Gasteiger partial charge in [-0.15, -0.1) is 0 Å². The summed E-state index contributed by atoms with van der Waals surface area (Å²) in [6.45, 7) is 1.67. The average Bonchev–Trinajstić information content (AvgIpc) is 2.17. The number of sulfonamides is 1. The van der Waals surface area contributed by atoms with Crippen LogP contribution in [0.4, 0.5) is 5.69 Å². The molecule has 1 rings (SSSR count). The summed E-state index contributed by atoms with van der Waals surface area (Å²) < 4.78 is 25.1. The monoisotopic (exact) mass is 244 g/mol. The standard InChI is InChI=1S/C10H16N2O3S/c1-8-3-4-10(9(11)7-8)16(14,15)12(2)5-6-13/h3-4,7,13H,5-6,11H2,1-2H3. The van der Waals surface area contributed by atoms with E-state index in [-0.39, 0.29) is 23.7 Å². The van der Waals surface area contributed by atoms with Crippen molar-refractivity contribution in [2.45, 2.75) is 11.8 Å². The second kappa shape index (κ2) is 4.82. The summed E-state index contributed by atoms with van der Waals surface area (Å²) in [5, 5.41) is 8.72. The maximum absolute atomic E-state index is 12.0. The third kappa shape index (κ3) is 2.52. The van der Waals surface area contributed by atoms with Gasteiger partial charge in [-0.05, 0) is 24.6 Å². The van der Waals surface area contributed by atoms with Crippen LogP contribution >= 0.6 is 0 Å². The van der Waals surface area contributed by atoms with Gasteiger partial charge in [0.1, 0.15) is 4.90 Å². The minimum atomic E-state index is -3.60. The smallest absolute Gasteiger partial charge is 0.244 e. The number of benzene rings is 1. The molecule has 90 valence electrons. The first kappa shape index (κ1) is 13.0. The molecular formula is C10H16N2O3S. The van der Waals surface area contributed by atoms with Crippen LogP contribution in [-0.2, 0) is 10.0 Å². The number of anilines is 1. The zero-order valence-electron chi connectivity index (χ0n) is 9.34. The normalized spacial score (nSPS) is 12.0. The van der Waals surface area contributed by atoms with Crippen LogP contribution in [0.1, 0.15) is 5.56 Å². The highest BCUT2D eigenvalue weighted by Crippen LogP contribution is 2.22. The van der Waals surface area contributed by atoms with E-state index in [1.165, 1.54) is 13.1 Å². The molecule has 0 spiro atoms. The summed E-state index contributed by atoms with van der Waals surface area (Å²) in [5.74, 6) is 0. The van der Waals surface area contributed by atoms with Crippen LogP contribution in [0.5, 0.6) is 0 Å². The summed E-state index contributed by atoms with van der Waals surface area (Å²) >= 11 is 0. The highest BCUT2D eigenvalue weighted by molar-refractivity contribution is 7.89. The molecule has 0 atom stereocenters. The Morgan fingerprint density at radius 2 is 2.06 bits per heavy atom. The van der Waals surface area contributed by atoms with Gasteiger partial charge in [-0.1, -0.05) is 6.07 Å². The molecule has 0 aliphatic rings. The number of nitrogens with zero attached hydrogens (tertiary/aromatic N) is 1. The van der Waals surface area contributed by atoms with E-state index >= 15 is 0 Å². The molecule has 5 nitrogen and oxygen atoms in total. The lowest BCUT2D eigenvalue weighted by atomic mass is 10.2. The van der Waals surface area contributed by atoms with Crippen molar-refractivity contribution in [3.8, 4) is 0 Å². The molecular weight excluding hydrogens is 228 g/mol. The van der Waals surface area contributed by atoms with E-state index in [1.807, 2.05) is 6.92 Å². The van der Waals surface area contributed by atoms with Crippen molar-refractivity contribution >= 4 is 15.7 Å². The molecule has 0 radical (unpaired) electrons. The Kier molecular flexibility index (Phi) is 3.90. The fraction of sp³-hybridized carbons (Fsp3) is 0.400. The van der Waals surface area contributed by atoms with Crippen LogP contribution in [0.2, 0.25) is 0 Å². The van der Waals surface area contributed by atoms with E-state index in [9.17, 15) is 8.42 Å². The largest absolute Gasteiger partial charge is 0.398 e. The molecule has 0 heterocycles. The van der Waals surface area contributed by atoms with Crippen LogP contribution in [-0.4, -0.2) is 38.0 Å². The van der Waals surface area contributed by atoms with E-state index in [4.69, 9.17) is 10.8 Å². The fourth-order valence-electron chi connectivity index (χ4n) is 1.33. The number of aliphatic hydroxyl groups is 1. The van der Waals surface area contributed by atoms with Crippen molar-refractivity contribution in [1.29, 1.82) is 0 Å². The Morgan fingerprint density at radius 1 is 1.44 bits per heavy atom. The zero-order chi connectivity index (χ0) is 12.3. The molecule has 1 aromatic rings. The molecule has 0 saturated heterocycles. The van der Waals surface area contributed by atoms with E-state index in [0.717, 1.165) is 9.87 Å². The van der Waals surface area contributed by atoms with Gasteiger partial charge in [-0.25, -0.2) is 8.42 Å². The van der Waals surface area contributed by atoms with Gasteiger partial charge < -0.3 is 10.8 Å². The quantitative estimate of drug-likeness (QED) is 0.741. The molecule has 0 fully saturated rings. The zero-order valence-corrected chi connectivity index (χ0v) is 10.2. The predicted octanol–water partition coefficient (Wildman–Crippen LogP) is 0.190. The van der Waals surface area contributed by atoms with Crippen molar-refractivity contribution in [3.05, 3.63) is 23.8 Å². The first-order chi connectivity index (χ1) is 7.39. The van der Waals surface area contributed by atoms with Crippen LogP contribution in [0.15, 0.2) is 23.1 Å². The molecule has 0 amide bonds. The van der Waals surface area contributed by atoms with Crippen LogP contribution in [0.25, 0.3) is 0 Å². The Hall–Kier alpha value is -1.11. The summed E-state index contributed by atoms with van der Waals surface area (Å²) in [5.41, 5.74) is 6.80. The van der Waals surface area contributed by atoms with Gasteiger partial charge >= 0.3 is 0 Å². The Labute approximate surface area is 95.5 Å². The van der Waals surface area contributed by atoms with Crippen molar-refractivity contribution in [2.75, 3.05) is 25.9 Å². The number of hydrogen-bond donors (Lipinski definition) is 2. The lowest BCUT2D eigenvalue weighted by Crippen LogP contribution is -2.30. The first-order valence-corrected chi connectivity index (χ1v) is 6.27. The Bertz CT molecular complexity index is 471. The molecule has 1 aromatic carbocycles. The lowest BCUT2D eigenvalue weighted by molar-refractivity contribution is 0.266. The minimum Gasteiger partial charge on any atom is -0.398 e. The highest BCUT2D eigenvalue weighted by Gasteiger charge is 2.22. The van der Waals surface area contributed by atoms with E-state index < -0.39 is 10.0 Å². The second-order valence-corrected chi connectivity index (χ2v) is 5.60. The Morgan fingerprint density at radius 3 is 2.56 bits per heavy atom. The maximum atomic E-state index is 12.0. The van der Waals surface area contributed by atoms with Gasteiger partial charge in [0, 0.05) is 13.6 Å². The van der Waals surface area contributed by atoms with E-state index in [2.05, 4.69) is 0 Å². The van der Waals surface area contributed by atoms with Crippen molar-refractivity contribution in [1.82, 2.24) is 4.31 Å². The molecule has 0 unspecified atom stereocenters. The first-order valence-electron chi connectivity index (χ1n) is 4.83. The molecule has 3 N–H and O–H groups in total. The molecule has 6 heteroatoms. The summed E-state index contributed by atoms with van der Waals surface area (Å²) in [4.78, 5) is 0.0778. The molecule has 0 saturated carbocycles. The van der Waals surface area contributed by atoms with Gasteiger partial charge in [0.15, 0.2) is 0 Å². The summed E-state index contributed by atoms with van der Waals surface area (Å²) in [7, 11) is -2.19. The molecule has 0 bridgehead atoms. The second-order valence-electron chi connectivity index (χ2n) is 3.59. The van der Waals surface area contributed by atoms with E-state index in [0.29, 0.717) is 0 Å². The lowest BCUT2D eigenvalue weighted by Gasteiger charge is -2.17. The van der Waals surface area contributed by atoms with Crippen LogP contribution < -0.4 is 5.73 Å². The summed E-state index contributed by atoms with van der Waals surface area (Å²) in [6.07, 6.45) is 0. The van der Waals surface area contributed by atoms with Crippen LogP contribution in [0, 0.1) is 6.92 Å². The number of likely N-dealkylation sites (N-methyl/N-ethyl adjacent to an activating group) is 1. The number of hydrogen-bond acceptors (Lipinski definition) is 4.